The van der Waals surface area contributed by atoms with E-state index in [9.17, 15) is 4.79 Å². The van der Waals surface area contributed by atoms with Gasteiger partial charge in [-0.15, -0.1) is 0 Å². The number of carbonyl (C=O) groups excluding carboxylic acids is 1. The average molecular weight is 264 g/mol. The molecule has 1 aliphatic rings. The molecule has 106 valence electrons. The molecule has 1 fully saturated rings. The molecular formula is C14H24N4O. The van der Waals surface area contributed by atoms with E-state index in [2.05, 4.69) is 29.0 Å². The Hall–Kier alpha value is -1.36. The molecule has 1 saturated heterocycles. The highest BCUT2D eigenvalue weighted by Gasteiger charge is 2.27. The summed E-state index contributed by atoms with van der Waals surface area (Å²) < 4.78 is 1.78. The second-order valence-corrected chi connectivity index (χ2v) is 5.63. The smallest absolute Gasteiger partial charge is 0.269 e. The van der Waals surface area contributed by atoms with Crippen LogP contribution in [-0.2, 0) is 7.05 Å². The summed E-state index contributed by atoms with van der Waals surface area (Å²) >= 11 is 0. The number of nitrogens with one attached hydrogen (secondary N) is 1. The van der Waals surface area contributed by atoms with Crippen LogP contribution in [0.2, 0.25) is 0 Å². The molecule has 0 unspecified atom stereocenters. The van der Waals surface area contributed by atoms with Crippen LogP contribution in [0.5, 0.6) is 0 Å². The minimum Gasteiger partial charge on any atom is -0.349 e. The molecule has 0 bridgehead atoms. The third kappa shape index (κ3) is 2.97. The monoisotopic (exact) mass is 264 g/mol. The Morgan fingerprint density at radius 1 is 1.58 bits per heavy atom. The number of likely N-dealkylation sites (tertiary alicyclic amines) is 1. The summed E-state index contributed by atoms with van der Waals surface area (Å²) in [6.07, 6.45) is 4.08. The van der Waals surface area contributed by atoms with Crippen LogP contribution in [0.1, 0.15) is 42.9 Å². The summed E-state index contributed by atoms with van der Waals surface area (Å²) in [5.41, 5.74) is 1.45. The molecule has 2 heterocycles. The van der Waals surface area contributed by atoms with Gasteiger partial charge in [0.25, 0.3) is 5.91 Å². The topological polar surface area (TPSA) is 50.2 Å². The SMILES string of the molecule is Cc1ncn(C)c1C(=O)NC[C@H]1CCCN1C(C)C. The third-order valence-corrected chi connectivity index (χ3v) is 3.92. The van der Waals surface area contributed by atoms with Gasteiger partial charge in [-0.2, -0.15) is 0 Å². The fourth-order valence-corrected chi connectivity index (χ4v) is 2.92. The predicted molar refractivity (Wildman–Crippen MR) is 75.1 cm³/mol. The standard InChI is InChI=1S/C14H24N4O/c1-10(2)18-7-5-6-12(18)8-15-14(19)13-11(3)16-9-17(13)4/h9-10,12H,5-8H2,1-4H3,(H,15,19)/t12-/m1/s1. The maximum absolute atomic E-state index is 12.2. The molecule has 1 amide bonds. The summed E-state index contributed by atoms with van der Waals surface area (Å²) in [6, 6.07) is 1.01. The highest BCUT2D eigenvalue weighted by atomic mass is 16.2. The molecule has 0 aliphatic carbocycles. The third-order valence-electron chi connectivity index (χ3n) is 3.92. The van der Waals surface area contributed by atoms with Gasteiger partial charge in [-0.25, -0.2) is 4.98 Å². The lowest BCUT2D eigenvalue weighted by molar-refractivity contribution is 0.0926. The van der Waals surface area contributed by atoms with Crippen molar-refractivity contribution in [2.24, 2.45) is 7.05 Å². The number of carbonyl (C=O) groups is 1. The van der Waals surface area contributed by atoms with Crippen LogP contribution < -0.4 is 5.32 Å². The van der Waals surface area contributed by atoms with Gasteiger partial charge in [0.1, 0.15) is 5.69 Å². The number of nitrogens with zero attached hydrogens (tertiary/aromatic N) is 3. The first-order chi connectivity index (χ1) is 9.00. The number of hydrogen-bond donors (Lipinski definition) is 1. The van der Waals surface area contributed by atoms with Crippen LogP contribution in [0.25, 0.3) is 0 Å². The second-order valence-electron chi connectivity index (χ2n) is 5.63. The molecule has 0 aromatic carbocycles. The summed E-state index contributed by atoms with van der Waals surface area (Å²) in [7, 11) is 1.85. The summed E-state index contributed by atoms with van der Waals surface area (Å²) in [5.74, 6) is -0.0203. The van der Waals surface area contributed by atoms with E-state index in [0.29, 0.717) is 17.8 Å². The first-order valence-electron chi connectivity index (χ1n) is 7.02. The van der Waals surface area contributed by atoms with Crippen molar-refractivity contribution in [3.05, 3.63) is 17.7 Å². The molecule has 1 aromatic rings. The van der Waals surface area contributed by atoms with Gasteiger partial charge in [0.2, 0.25) is 0 Å². The minimum absolute atomic E-state index is 0.0203. The lowest BCUT2D eigenvalue weighted by atomic mass is 10.2. The van der Waals surface area contributed by atoms with Crippen molar-refractivity contribution in [3.63, 3.8) is 0 Å². The van der Waals surface area contributed by atoms with Crippen molar-refractivity contribution in [2.45, 2.75) is 45.7 Å². The van der Waals surface area contributed by atoms with E-state index in [-0.39, 0.29) is 5.91 Å². The lowest BCUT2D eigenvalue weighted by Crippen LogP contribution is -2.43. The van der Waals surface area contributed by atoms with Crippen molar-refractivity contribution in [3.8, 4) is 0 Å². The zero-order valence-corrected chi connectivity index (χ0v) is 12.3. The Balaban J connectivity index is 1.94. The van der Waals surface area contributed by atoms with Gasteiger partial charge in [-0.3, -0.25) is 9.69 Å². The van der Waals surface area contributed by atoms with Gasteiger partial charge in [0, 0.05) is 25.7 Å². The van der Waals surface area contributed by atoms with Gasteiger partial charge >= 0.3 is 0 Å². The minimum atomic E-state index is -0.0203. The maximum atomic E-state index is 12.2. The van der Waals surface area contributed by atoms with E-state index >= 15 is 0 Å². The molecule has 1 aromatic heterocycles. The number of hydrogen-bond acceptors (Lipinski definition) is 3. The number of aryl methyl sites for hydroxylation is 2. The second kappa shape index (κ2) is 5.74. The molecule has 0 spiro atoms. The highest BCUT2D eigenvalue weighted by Crippen LogP contribution is 2.19. The fourth-order valence-electron chi connectivity index (χ4n) is 2.92. The molecular weight excluding hydrogens is 240 g/mol. The van der Waals surface area contributed by atoms with E-state index in [1.165, 1.54) is 12.8 Å². The Labute approximate surface area is 115 Å². The van der Waals surface area contributed by atoms with Crippen LogP contribution in [0.4, 0.5) is 0 Å². The van der Waals surface area contributed by atoms with Gasteiger partial charge in [-0.05, 0) is 40.2 Å². The van der Waals surface area contributed by atoms with Crippen molar-refractivity contribution in [1.29, 1.82) is 0 Å². The molecule has 2 rings (SSSR count). The highest BCUT2D eigenvalue weighted by molar-refractivity contribution is 5.93. The Kier molecular flexibility index (Phi) is 4.24. The number of rotatable bonds is 4. The van der Waals surface area contributed by atoms with E-state index in [1.54, 1.807) is 10.9 Å². The van der Waals surface area contributed by atoms with Crippen molar-refractivity contribution in [1.82, 2.24) is 19.8 Å². The van der Waals surface area contributed by atoms with Crippen molar-refractivity contribution >= 4 is 5.91 Å². The molecule has 19 heavy (non-hydrogen) atoms. The van der Waals surface area contributed by atoms with Crippen LogP contribution >= 0.6 is 0 Å². The number of aromatic nitrogens is 2. The maximum Gasteiger partial charge on any atom is 0.269 e. The predicted octanol–water partition coefficient (Wildman–Crippen LogP) is 1.33. The number of amides is 1. The molecule has 1 N–H and O–H groups in total. The van der Waals surface area contributed by atoms with E-state index in [4.69, 9.17) is 0 Å². The van der Waals surface area contributed by atoms with Crippen LogP contribution in [0.3, 0.4) is 0 Å². The van der Waals surface area contributed by atoms with Crippen LogP contribution in [-0.4, -0.2) is 45.5 Å². The molecule has 5 nitrogen and oxygen atoms in total. The van der Waals surface area contributed by atoms with Gasteiger partial charge < -0.3 is 9.88 Å². The van der Waals surface area contributed by atoms with Gasteiger partial charge in [-0.1, -0.05) is 0 Å². The van der Waals surface area contributed by atoms with E-state index in [0.717, 1.165) is 18.8 Å². The Morgan fingerprint density at radius 2 is 2.32 bits per heavy atom. The molecule has 1 aliphatic heterocycles. The van der Waals surface area contributed by atoms with Crippen molar-refractivity contribution < 1.29 is 4.79 Å². The first kappa shape index (κ1) is 14.1. The van der Waals surface area contributed by atoms with Crippen molar-refractivity contribution in [2.75, 3.05) is 13.1 Å². The lowest BCUT2D eigenvalue weighted by Gasteiger charge is -2.28. The Morgan fingerprint density at radius 3 is 2.89 bits per heavy atom. The zero-order chi connectivity index (χ0) is 14.0. The quantitative estimate of drug-likeness (QED) is 0.892. The van der Waals surface area contributed by atoms with Crippen LogP contribution in [0.15, 0.2) is 6.33 Å². The fraction of sp³-hybridized carbons (Fsp3) is 0.714. The van der Waals surface area contributed by atoms with Gasteiger partial charge in [0.05, 0.1) is 12.0 Å². The summed E-state index contributed by atoms with van der Waals surface area (Å²) in [5, 5.41) is 3.05. The van der Waals surface area contributed by atoms with E-state index in [1.807, 2.05) is 14.0 Å². The molecule has 5 heteroatoms. The first-order valence-corrected chi connectivity index (χ1v) is 7.02. The van der Waals surface area contributed by atoms with E-state index < -0.39 is 0 Å². The number of imidazole rings is 1. The summed E-state index contributed by atoms with van der Waals surface area (Å²) in [4.78, 5) is 18.8. The average Bonchev–Trinajstić information content (AvgIpc) is 2.93. The van der Waals surface area contributed by atoms with Crippen LogP contribution in [0, 0.1) is 6.92 Å². The molecule has 1 atom stereocenters. The zero-order valence-electron chi connectivity index (χ0n) is 12.3. The van der Waals surface area contributed by atoms with Gasteiger partial charge in [0.15, 0.2) is 0 Å². The Bertz CT molecular complexity index is 433. The largest absolute Gasteiger partial charge is 0.349 e. The molecule has 0 saturated carbocycles. The molecule has 0 radical (unpaired) electrons. The normalized spacial score (nSPS) is 20.2. The summed E-state index contributed by atoms with van der Waals surface area (Å²) in [6.45, 7) is 8.16.